The number of esters is 1. The van der Waals surface area contributed by atoms with Gasteiger partial charge in [-0.05, 0) is 43.2 Å². The lowest BCUT2D eigenvalue weighted by molar-refractivity contribution is 0.0512. The second-order valence-electron chi connectivity index (χ2n) is 5.22. The fraction of sp³-hybridized carbons (Fsp3) is 0.316. The summed E-state index contributed by atoms with van der Waals surface area (Å²) in [6.45, 7) is 3.46. The molecular weight excluding hydrogens is 326 g/mol. The number of benzene rings is 1. The predicted molar refractivity (Wildman–Crippen MR) is 97.3 cm³/mol. The highest BCUT2D eigenvalue weighted by Gasteiger charge is 2.14. The predicted octanol–water partition coefficient (Wildman–Crippen LogP) is 4.53. The Labute approximate surface area is 147 Å². The molecule has 0 saturated heterocycles. The molecule has 4 nitrogen and oxygen atoms in total. The molecule has 24 heavy (non-hydrogen) atoms. The molecule has 128 valence electrons. The second kappa shape index (κ2) is 9.30. The maximum absolute atomic E-state index is 12.1. The molecule has 0 saturated carbocycles. The molecule has 0 unspecified atom stereocenters. The molecule has 2 aromatic rings. The van der Waals surface area contributed by atoms with Gasteiger partial charge in [-0.3, -0.25) is 0 Å². The highest BCUT2D eigenvalue weighted by molar-refractivity contribution is 6.32. The van der Waals surface area contributed by atoms with E-state index in [-0.39, 0.29) is 5.97 Å². The highest BCUT2D eigenvalue weighted by Crippen LogP contribution is 2.19. The van der Waals surface area contributed by atoms with Crippen LogP contribution >= 0.6 is 11.6 Å². The van der Waals surface area contributed by atoms with Crippen molar-refractivity contribution in [1.82, 2.24) is 4.57 Å². The van der Waals surface area contributed by atoms with Crippen LogP contribution in [0.4, 0.5) is 0 Å². The normalized spacial score (nSPS) is 11.1. The number of ether oxygens (including phenoxy) is 2. The lowest BCUT2D eigenvalue weighted by Gasteiger charge is -2.11. The summed E-state index contributed by atoms with van der Waals surface area (Å²) in [7, 11) is 1.67. The maximum Gasteiger partial charge on any atom is 0.354 e. The van der Waals surface area contributed by atoms with Gasteiger partial charge in [-0.25, -0.2) is 4.79 Å². The first kappa shape index (κ1) is 18.3. The van der Waals surface area contributed by atoms with Crippen molar-refractivity contribution < 1.29 is 14.3 Å². The first-order chi connectivity index (χ1) is 11.7. The van der Waals surface area contributed by atoms with Gasteiger partial charge in [0, 0.05) is 31.0 Å². The van der Waals surface area contributed by atoms with Crippen LogP contribution in [0.15, 0.2) is 36.4 Å². The van der Waals surface area contributed by atoms with Gasteiger partial charge in [-0.1, -0.05) is 35.9 Å². The summed E-state index contributed by atoms with van der Waals surface area (Å²) in [5.41, 5.74) is 2.40. The van der Waals surface area contributed by atoms with Gasteiger partial charge in [-0.2, -0.15) is 0 Å². The fourth-order valence-corrected chi connectivity index (χ4v) is 2.61. The molecule has 2 rings (SSSR count). The van der Waals surface area contributed by atoms with E-state index in [1.54, 1.807) is 20.1 Å². The summed E-state index contributed by atoms with van der Waals surface area (Å²) in [5.74, 6) is -0.313. The van der Waals surface area contributed by atoms with E-state index in [0.717, 1.165) is 17.7 Å². The molecule has 0 aliphatic heterocycles. The van der Waals surface area contributed by atoms with Crippen LogP contribution in [0, 0.1) is 0 Å². The van der Waals surface area contributed by atoms with Gasteiger partial charge < -0.3 is 14.0 Å². The van der Waals surface area contributed by atoms with E-state index in [2.05, 4.69) is 0 Å². The summed E-state index contributed by atoms with van der Waals surface area (Å²) >= 11 is 6.18. The van der Waals surface area contributed by atoms with Crippen molar-refractivity contribution in [2.24, 2.45) is 0 Å². The number of methoxy groups -OCH3 is 1. The molecule has 1 heterocycles. The van der Waals surface area contributed by atoms with Crippen molar-refractivity contribution in [2.45, 2.75) is 19.9 Å². The van der Waals surface area contributed by atoms with E-state index in [1.165, 1.54) is 0 Å². The smallest absolute Gasteiger partial charge is 0.354 e. The molecule has 1 aromatic heterocycles. The Morgan fingerprint density at radius 3 is 2.71 bits per heavy atom. The number of nitrogens with zero attached hydrogens (tertiary/aromatic N) is 1. The van der Waals surface area contributed by atoms with E-state index in [0.29, 0.717) is 30.5 Å². The van der Waals surface area contributed by atoms with Crippen LogP contribution in [0.25, 0.3) is 12.2 Å². The van der Waals surface area contributed by atoms with Gasteiger partial charge in [-0.15, -0.1) is 0 Å². The minimum absolute atomic E-state index is 0.313. The van der Waals surface area contributed by atoms with E-state index in [4.69, 9.17) is 21.1 Å². The number of hydrogen-bond acceptors (Lipinski definition) is 3. The number of hydrogen-bond donors (Lipinski definition) is 0. The van der Waals surface area contributed by atoms with E-state index < -0.39 is 0 Å². The average molecular weight is 348 g/mol. The Morgan fingerprint density at radius 1 is 1.21 bits per heavy atom. The molecule has 0 radical (unpaired) electrons. The van der Waals surface area contributed by atoms with Crippen molar-refractivity contribution >= 4 is 29.7 Å². The van der Waals surface area contributed by atoms with Gasteiger partial charge in [0.15, 0.2) is 0 Å². The Kier molecular flexibility index (Phi) is 7.09. The molecule has 5 heteroatoms. The lowest BCUT2D eigenvalue weighted by Crippen LogP contribution is -2.14. The molecule has 0 atom stereocenters. The van der Waals surface area contributed by atoms with Crippen molar-refractivity contribution in [3.8, 4) is 0 Å². The van der Waals surface area contributed by atoms with Gasteiger partial charge in [0.05, 0.1) is 6.61 Å². The Hall–Kier alpha value is -2.04. The maximum atomic E-state index is 12.1. The zero-order chi connectivity index (χ0) is 17.4. The average Bonchev–Trinajstić information content (AvgIpc) is 2.98. The Balaban J connectivity index is 2.27. The van der Waals surface area contributed by atoms with Gasteiger partial charge in [0.2, 0.25) is 0 Å². The van der Waals surface area contributed by atoms with Gasteiger partial charge in [0.25, 0.3) is 0 Å². The standard InChI is InChI=1S/C19H22ClNO3/c1-3-24-19(22)18-12-11-16(21(18)13-6-14-23-2)10-9-15-7-4-5-8-17(15)20/h4-5,7-12H,3,6,13-14H2,1-2H3/b10-9+. The zero-order valence-corrected chi connectivity index (χ0v) is 14.8. The summed E-state index contributed by atoms with van der Waals surface area (Å²) in [4.78, 5) is 12.1. The lowest BCUT2D eigenvalue weighted by atomic mass is 10.2. The molecule has 0 spiro atoms. The molecule has 0 aliphatic rings. The van der Waals surface area contributed by atoms with E-state index >= 15 is 0 Å². The van der Waals surface area contributed by atoms with Gasteiger partial charge in [0.1, 0.15) is 5.69 Å². The third-order valence-electron chi connectivity index (χ3n) is 3.57. The van der Waals surface area contributed by atoms with E-state index in [9.17, 15) is 4.79 Å². The van der Waals surface area contributed by atoms with Crippen LogP contribution < -0.4 is 0 Å². The van der Waals surface area contributed by atoms with Crippen molar-refractivity contribution in [2.75, 3.05) is 20.3 Å². The minimum Gasteiger partial charge on any atom is -0.461 e. The molecule has 0 fully saturated rings. The summed E-state index contributed by atoms with van der Waals surface area (Å²) < 4.78 is 12.2. The SMILES string of the molecule is CCOC(=O)c1ccc(/C=C/c2ccccc2Cl)n1CCCOC. The quantitative estimate of drug-likeness (QED) is 0.520. The number of carbonyl (C=O) groups is 1. The van der Waals surface area contributed by atoms with Crippen molar-refractivity contribution in [3.63, 3.8) is 0 Å². The molecule has 0 amide bonds. The highest BCUT2D eigenvalue weighted by atomic mass is 35.5. The zero-order valence-electron chi connectivity index (χ0n) is 14.0. The number of halogens is 1. The van der Waals surface area contributed by atoms with Crippen LogP contribution in [0.1, 0.15) is 35.1 Å². The number of rotatable bonds is 8. The summed E-state index contributed by atoms with van der Waals surface area (Å²) in [6.07, 6.45) is 4.71. The second-order valence-corrected chi connectivity index (χ2v) is 5.62. The summed E-state index contributed by atoms with van der Waals surface area (Å²) in [5, 5.41) is 0.692. The van der Waals surface area contributed by atoms with Crippen LogP contribution in [0.3, 0.4) is 0 Å². The van der Waals surface area contributed by atoms with E-state index in [1.807, 2.05) is 47.1 Å². The Morgan fingerprint density at radius 2 is 2.00 bits per heavy atom. The third kappa shape index (κ3) is 4.73. The molecular formula is C19H22ClNO3. The topological polar surface area (TPSA) is 40.5 Å². The van der Waals surface area contributed by atoms with Crippen LogP contribution in [0.2, 0.25) is 5.02 Å². The number of aromatic nitrogens is 1. The summed E-state index contributed by atoms with van der Waals surface area (Å²) in [6, 6.07) is 11.3. The van der Waals surface area contributed by atoms with Crippen LogP contribution in [-0.2, 0) is 16.0 Å². The van der Waals surface area contributed by atoms with Crippen molar-refractivity contribution in [1.29, 1.82) is 0 Å². The fourth-order valence-electron chi connectivity index (χ4n) is 2.41. The van der Waals surface area contributed by atoms with Crippen molar-refractivity contribution in [3.05, 3.63) is 58.4 Å². The molecule has 0 bridgehead atoms. The molecule has 0 aliphatic carbocycles. The minimum atomic E-state index is -0.313. The third-order valence-corrected chi connectivity index (χ3v) is 3.91. The van der Waals surface area contributed by atoms with Gasteiger partial charge >= 0.3 is 5.97 Å². The van der Waals surface area contributed by atoms with Crippen LogP contribution in [-0.4, -0.2) is 30.9 Å². The number of carbonyl (C=O) groups excluding carboxylic acids is 1. The Bertz CT molecular complexity index is 706. The monoisotopic (exact) mass is 347 g/mol. The van der Waals surface area contributed by atoms with Crippen LogP contribution in [0.5, 0.6) is 0 Å². The molecule has 0 N–H and O–H groups in total. The largest absolute Gasteiger partial charge is 0.461 e. The first-order valence-electron chi connectivity index (χ1n) is 7.95. The first-order valence-corrected chi connectivity index (χ1v) is 8.33. The molecule has 1 aromatic carbocycles.